The van der Waals surface area contributed by atoms with Gasteiger partial charge in [-0.25, -0.2) is 0 Å². The SMILES string of the molecule is Cc1ccccc1C(=O)c1c(Cl)ccc([C]=O)c1Cl. The van der Waals surface area contributed by atoms with E-state index in [0.29, 0.717) is 5.56 Å². The Kier molecular flexibility index (Phi) is 4.03. The first-order valence-corrected chi connectivity index (χ1v) is 6.28. The van der Waals surface area contributed by atoms with Crippen LogP contribution >= 0.6 is 23.2 Å². The van der Waals surface area contributed by atoms with Gasteiger partial charge in [-0.1, -0.05) is 47.5 Å². The average molecular weight is 292 g/mol. The van der Waals surface area contributed by atoms with Crippen molar-refractivity contribution in [3.63, 3.8) is 0 Å². The predicted octanol–water partition coefficient (Wildman–Crippen LogP) is 3.99. The molecular formula is C15H9Cl2O2. The Balaban J connectivity index is 2.63. The van der Waals surface area contributed by atoms with Crippen LogP contribution in [0.25, 0.3) is 0 Å². The quantitative estimate of drug-likeness (QED) is 0.801. The van der Waals surface area contributed by atoms with Gasteiger partial charge in [-0.2, -0.15) is 0 Å². The van der Waals surface area contributed by atoms with Crippen LogP contribution in [-0.4, -0.2) is 12.1 Å². The van der Waals surface area contributed by atoms with E-state index in [9.17, 15) is 9.59 Å². The largest absolute Gasteiger partial charge is 0.288 e. The first-order valence-electron chi connectivity index (χ1n) is 5.52. The number of halogens is 2. The lowest BCUT2D eigenvalue weighted by Gasteiger charge is -2.09. The zero-order chi connectivity index (χ0) is 14.0. The molecule has 0 saturated heterocycles. The highest BCUT2D eigenvalue weighted by molar-refractivity contribution is 6.42. The molecule has 19 heavy (non-hydrogen) atoms. The number of hydrogen-bond acceptors (Lipinski definition) is 2. The molecule has 0 aromatic heterocycles. The van der Waals surface area contributed by atoms with Crippen LogP contribution in [0.1, 0.15) is 27.0 Å². The van der Waals surface area contributed by atoms with Crippen LogP contribution in [0.4, 0.5) is 0 Å². The lowest BCUT2D eigenvalue weighted by atomic mass is 9.98. The summed E-state index contributed by atoms with van der Waals surface area (Å²) in [5.41, 5.74) is 1.59. The topological polar surface area (TPSA) is 34.1 Å². The van der Waals surface area contributed by atoms with E-state index in [2.05, 4.69) is 0 Å². The van der Waals surface area contributed by atoms with Crippen molar-refractivity contribution in [1.82, 2.24) is 0 Å². The second-order valence-electron chi connectivity index (χ2n) is 4.03. The molecule has 0 saturated carbocycles. The lowest BCUT2D eigenvalue weighted by molar-refractivity contribution is 0.103. The third-order valence-corrected chi connectivity index (χ3v) is 3.53. The molecule has 2 nitrogen and oxygen atoms in total. The van der Waals surface area contributed by atoms with Crippen molar-refractivity contribution >= 4 is 35.3 Å². The summed E-state index contributed by atoms with van der Waals surface area (Å²) in [6.45, 7) is 1.82. The van der Waals surface area contributed by atoms with E-state index in [1.54, 1.807) is 18.4 Å². The Labute approximate surface area is 121 Å². The summed E-state index contributed by atoms with van der Waals surface area (Å²) in [7, 11) is 0. The normalized spacial score (nSPS) is 10.3. The molecule has 0 aliphatic heterocycles. The molecule has 1 radical (unpaired) electrons. The molecule has 0 bridgehead atoms. The van der Waals surface area contributed by atoms with Gasteiger partial charge in [-0.3, -0.25) is 9.59 Å². The summed E-state index contributed by atoms with van der Waals surface area (Å²) in [5.74, 6) is -0.301. The Bertz CT molecular complexity index is 663. The maximum Gasteiger partial charge on any atom is 0.235 e. The highest BCUT2D eigenvalue weighted by Gasteiger charge is 2.20. The summed E-state index contributed by atoms with van der Waals surface area (Å²) in [4.78, 5) is 23.2. The second-order valence-corrected chi connectivity index (χ2v) is 4.82. The monoisotopic (exact) mass is 291 g/mol. The highest BCUT2D eigenvalue weighted by atomic mass is 35.5. The fourth-order valence-corrected chi connectivity index (χ4v) is 2.38. The maximum atomic E-state index is 12.5. The minimum atomic E-state index is -0.301. The van der Waals surface area contributed by atoms with Crippen molar-refractivity contribution in [3.8, 4) is 0 Å². The second kappa shape index (κ2) is 5.55. The number of rotatable bonds is 3. The fraction of sp³-hybridized carbons (Fsp3) is 0.0667. The summed E-state index contributed by atoms with van der Waals surface area (Å²) in [6.07, 6.45) is 1.69. The van der Waals surface area contributed by atoms with Gasteiger partial charge >= 0.3 is 0 Å². The zero-order valence-corrected chi connectivity index (χ0v) is 11.5. The number of ketones is 1. The molecule has 2 aromatic carbocycles. The highest BCUT2D eigenvalue weighted by Crippen LogP contribution is 2.30. The molecule has 0 heterocycles. The zero-order valence-electron chi connectivity index (χ0n) is 10.0. The summed E-state index contributed by atoms with van der Waals surface area (Å²) in [5, 5.41) is 0.257. The summed E-state index contributed by atoms with van der Waals surface area (Å²) < 4.78 is 0. The van der Waals surface area contributed by atoms with Crippen LogP contribution in [-0.2, 0) is 4.79 Å². The minimum absolute atomic E-state index is 0.0377. The van der Waals surface area contributed by atoms with Crippen molar-refractivity contribution in [2.45, 2.75) is 6.92 Å². The van der Waals surface area contributed by atoms with E-state index in [1.165, 1.54) is 12.1 Å². The van der Waals surface area contributed by atoms with Gasteiger partial charge in [0.15, 0.2) is 5.78 Å². The smallest absolute Gasteiger partial charge is 0.235 e. The fourth-order valence-electron chi connectivity index (χ4n) is 1.80. The van der Waals surface area contributed by atoms with Crippen LogP contribution < -0.4 is 0 Å². The molecule has 0 unspecified atom stereocenters. The van der Waals surface area contributed by atoms with Crippen LogP contribution in [0.2, 0.25) is 10.0 Å². The first kappa shape index (κ1) is 13.8. The van der Waals surface area contributed by atoms with E-state index in [4.69, 9.17) is 23.2 Å². The van der Waals surface area contributed by atoms with E-state index in [0.717, 1.165) is 5.56 Å². The molecule has 2 aromatic rings. The van der Waals surface area contributed by atoms with Gasteiger partial charge in [0.1, 0.15) is 0 Å². The van der Waals surface area contributed by atoms with Crippen LogP contribution in [0.3, 0.4) is 0 Å². The first-order chi connectivity index (χ1) is 9.06. The molecule has 0 aliphatic carbocycles. The number of carbonyl (C=O) groups excluding carboxylic acids is 2. The average Bonchev–Trinajstić information content (AvgIpc) is 2.39. The Morgan fingerprint density at radius 1 is 1.11 bits per heavy atom. The Morgan fingerprint density at radius 2 is 1.79 bits per heavy atom. The molecule has 4 heteroatoms. The number of benzene rings is 2. The van der Waals surface area contributed by atoms with Crippen LogP contribution in [0, 0.1) is 6.92 Å². The van der Waals surface area contributed by atoms with Crippen molar-refractivity contribution in [3.05, 3.63) is 68.7 Å². The molecule has 0 spiro atoms. The van der Waals surface area contributed by atoms with Gasteiger partial charge in [0.2, 0.25) is 6.29 Å². The van der Waals surface area contributed by atoms with Crippen molar-refractivity contribution in [1.29, 1.82) is 0 Å². The third kappa shape index (κ3) is 2.55. The lowest BCUT2D eigenvalue weighted by Crippen LogP contribution is -2.06. The molecular weight excluding hydrogens is 283 g/mol. The third-order valence-electron chi connectivity index (χ3n) is 2.82. The molecule has 0 fully saturated rings. The van der Waals surface area contributed by atoms with Crippen LogP contribution in [0.15, 0.2) is 36.4 Å². The van der Waals surface area contributed by atoms with Gasteiger partial charge < -0.3 is 0 Å². The van der Waals surface area contributed by atoms with Crippen molar-refractivity contribution in [2.75, 3.05) is 0 Å². The van der Waals surface area contributed by atoms with Crippen LogP contribution in [0.5, 0.6) is 0 Å². The van der Waals surface area contributed by atoms with Crippen molar-refractivity contribution < 1.29 is 9.59 Å². The van der Waals surface area contributed by atoms with Gasteiger partial charge in [0, 0.05) is 11.1 Å². The molecule has 0 amide bonds. The van der Waals surface area contributed by atoms with E-state index in [-0.39, 0.29) is 27.0 Å². The summed E-state index contributed by atoms with van der Waals surface area (Å²) in [6, 6.07) is 10.0. The molecule has 0 N–H and O–H groups in total. The minimum Gasteiger partial charge on any atom is -0.288 e. The molecule has 2 rings (SSSR count). The Morgan fingerprint density at radius 3 is 2.42 bits per heavy atom. The molecule has 95 valence electrons. The number of aryl methyl sites for hydroxylation is 1. The van der Waals surface area contributed by atoms with Gasteiger partial charge in [-0.15, -0.1) is 0 Å². The predicted molar refractivity (Wildman–Crippen MR) is 75.9 cm³/mol. The number of hydrogen-bond donors (Lipinski definition) is 0. The molecule has 0 atom stereocenters. The standard InChI is InChI=1S/C15H9Cl2O2/c1-9-4-2-3-5-11(9)15(19)13-12(16)7-6-10(8-18)14(13)17/h2-7H,1H3. The Hall–Kier alpha value is -1.64. The maximum absolute atomic E-state index is 12.5. The summed E-state index contributed by atoms with van der Waals surface area (Å²) >= 11 is 12.1. The van der Waals surface area contributed by atoms with Gasteiger partial charge in [0.25, 0.3) is 0 Å². The number of carbonyl (C=O) groups is 1. The molecule has 0 aliphatic rings. The van der Waals surface area contributed by atoms with E-state index >= 15 is 0 Å². The van der Waals surface area contributed by atoms with Gasteiger partial charge in [0.05, 0.1) is 15.6 Å². The van der Waals surface area contributed by atoms with Crippen molar-refractivity contribution in [2.24, 2.45) is 0 Å². The van der Waals surface area contributed by atoms with E-state index < -0.39 is 0 Å². The van der Waals surface area contributed by atoms with E-state index in [1.807, 2.05) is 19.1 Å². The van der Waals surface area contributed by atoms with Gasteiger partial charge in [-0.05, 0) is 24.6 Å².